The molecule has 0 amide bonds. The summed E-state index contributed by atoms with van der Waals surface area (Å²) in [5.74, 6) is -0.813. The van der Waals surface area contributed by atoms with Crippen LogP contribution >= 0.6 is 0 Å². The Bertz CT molecular complexity index is 1420. The summed E-state index contributed by atoms with van der Waals surface area (Å²) in [7, 11) is -3.73. The van der Waals surface area contributed by atoms with Gasteiger partial charge < -0.3 is 14.6 Å². The van der Waals surface area contributed by atoms with E-state index in [1.165, 1.54) is 6.07 Å². The highest BCUT2D eigenvalue weighted by Crippen LogP contribution is 2.30. The Balaban J connectivity index is 1.26. The number of H-pyrrole nitrogens is 1. The predicted octanol–water partition coefficient (Wildman–Crippen LogP) is 3.32. The summed E-state index contributed by atoms with van der Waals surface area (Å²) < 4.78 is 34.2. The first-order valence-corrected chi connectivity index (χ1v) is 12.8. The lowest BCUT2D eigenvalue weighted by Gasteiger charge is -2.32. The number of hydrogen-bond donors (Lipinski definition) is 1. The molecule has 1 unspecified atom stereocenters. The minimum absolute atomic E-state index is 0.185. The van der Waals surface area contributed by atoms with Crippen LogP contribution < -0.4 is 0 Å². The number of rotatable bonds is 5. The highest BCUT2D eigenvalue weighted by Gasteiger charge is 2.35. The van der Waals surface area contributed by atoms with Crippen LogP contribution in [0.25, 0.3) is 10.9 Å². The molecule has 2 aliphatic heterocycles. The Kier molecular flexibility index (Phi) is 5.73. The fourth-order valence-electron chi connectivity index (χ4n) is 4.75. The first-order valence-electron chi connectivity index (χ1n) is 11.4. The van der Waals surface area contributed by atoms with Crippen molar-refractivity contribution in [3.63, 3.8) is 0 Å². The number of ether oxygens (including phenoxy) is 1. The maximum absolute atomic E-state index is 12.8. The van der Waals surface area contributed by atoms with Crippen LogP contribution in [-0.4, -0.2) is 55.6 Å². The van der Waals surface area contributed by atoms with Crippen molar-refractivity contribution in [3.8, 4) is 0 Å². The van der Waals surface area contributed by atoms with Crippen molar-refractivity contribution >= 4 is 38.5 Å². The zero-order valence-electron chi connectivity index (χ0n) is 18.8. The molecule has 1 saturated heterocycles. The van der Waals surface area contributed by atoms with Crippen molar-refractivity contribution in [1.82, 2.24) is 9.88 Å². The van der Waals surface area contributed by atoms with Crippen LogP contribution in [0.3, 0.4) is 0 Å². The van der Waals surface area contributed by atoms with Gasteiger partial charge in [-0.3, -0.25) is 9.59 Å². The number of Topliss-reactive ketones (excluding diaryl/α,β-unsaturated/α-hetero) is 1. The number of amidine groups is 1. The van der Waals surface area contributed by atoms with E-state index in [2.05, 4.69) is 16.3 Å². The normalized spacial score (nSPS) is 19.0. The number of sulfonamides is 1. The molecule has 0 saturated carbocycles. The predicted molar refractivity (Wildman–Crippen MR) is 127 cm³/mol. The summed E-state index contributed by atoms with van der Waals surface area (Å²) in [4.78, 5) is 30.8. The van der Waals surface area contributed by atoms with Gasteiger partial charge in [0.05, 0.1) is 5.92 Å². The molecule has 34 heavy (non-hydrogen) atoms. The van der Waals surface area contributed by atoms with Crippen LogP contribution in [0, 0.1) is 5.92 Å². The van der Waals surface area contributed by atoms with Crippen molar-refractivity contribution in [3.05, 3.63) is 65.4 Å². The second-order valence-corrected chi connectivity index (χ2v) is 10.2. The summed E-state index contributed by atoms with van der Waals surface area (Å²) in [6.07, 6.45) is 3.81. The van der Waals surface area contributed by atoms with Gasteiger partial charge in [-0.1, -0.05) is 37.3 Å². The van der Waals surface area contributed by atoms with E-state index >= 15 is 0 Å². The van der Waals surface area contributed by atoms with E-state index < -0.39 is 21.9 Å². The monoisotopic (exact) mass is 479 g/mol. The molecule has 5 rings (SSSR count). The van der Waals surface area contributed by atoms with E-state index in [9.17, 15) is 18.0 Å². The molecular formula is C25H25N3O5S. The summed E-state index contributed by atoms with van der Waals surface area (Å²) in [6, 6.07) is 12.5. The number of esters is 1. The number of aromatic nitrogens is 1. The average Bonchev–Trinajstić information content (AvgIpc) is 3.41. The standard InChI is InChI=1S/C25H25N3O5S/c1-2-16-7-5-10-18-20(13-26-23(16)18)21(29)15-33-25(30)17-8-6-12-28(14-17)24-19-9-3-4-11-22(19)34(31,32)27-24/h3-5,7,9-11,13,17,26H,2,6,8,12,14-15H2,1H3. The minimum Gasteiger partial charge on any atom is -0.457 e. The van der Waals surface area contributed by atoms with Crippen molar-refractivity contribution in [2.45, 2.75) is 31.1 Å². The molecule has 0 bridgehead atoms. The van der Waals surface area contributed by atoms with Crippen LogP contribution in [0.1, 0.15) is 41.3 Å². The Morgan fingerprint density at radius 2 is 2.00 bits per heavy atom. The fourth-order valence-corrected chi connectivity index (χ4v) is 5.98. The van der Waals surface area contributed by atoms with E-state index in [0.717, 1.165) is 22.9 Å². The maximum atomic E-state index is 12.8. The number of carbonyl (C=O) groups is 2. The van der Waals surface area contributed by atoms with Crippen molar-refractivity contribution < 1.29 is 22.7 Å². The van der Waals surface area contributed by atoms with E-state index in [4.69, 9.17) is 4.74 Å². The number of fused-ring (bicyclic) bond motifs is 2. The van der Waals surface area contributed by atoms with Gasteiger partial charge in [-0.25, -0.2) is 0 Å². The number of benzene rings is 2. The second-order valence-electron chi connectivity index (χ2n) is 8.60. The molecule has 176 valence electrons. The number of para-hydroxylation sites is 1. The second kappa shape index (κ2) is 8.72. The number of carbonyl (C=O) groups excluding carboxylic acids is 2. The highest BCUT2D eigenvalue weighted by molar-refractivity contribution is 7.90. The maximum Gasteiger partial charge on any atom is 0.311 e. The van der Waals surface area contributed by atoms with Crippen molar-refractivity contribution in [2.24, 2.45) is 10.3 Å². The van der Waals surface area contributed by atoms with Gasteiger partial charge in [-0.05, 0) is 37.0 Å². The molecular weight excluding hydrogens is 454 g/mol. The SMILES string of the molecule is CCc1cccc2c(C(=O)COC(=O)C3CCCN(C4=NS(=O)(=O)c5ccccc54)C3)c[nH]c12. The van der Waals surface area contributed by atoms with Gasteiger partial charge in [0.15, 0.2) is 12.4 Å². The number of hydrogen-bond acceptors (Lipinski definition) is 6. The van der Waals surface area contributed by atoms with E-state index in [1.54, 1.807) is 24.4 Å². The van der Waals surface area contributed by atoms with E-state index in [-0.39, 0.29) is 17.3 Å². The molecule has 1 N–H and O–H groups in total. The smallest absolute Gasteiger partial charge is 0.311 e. The van der Waals surface area contributed by atoms with Gasteiger partial charge in [0.25, 0.3) is 10.0 Å². The Labute approximate surface area is 197 Å². The Hall–Kier alpha value is -3.46. The van der Waals surface area contributed by atoms with Crippen LogP contribution in [0.15, 0.2) is 58.0 Å². The lowest BCUT2D eigenvalue weighted by atomic mass is 9.97. The number of piperidine rings is 1. The molecule has 9 heteroatoms. The summed E-state index contributed by atoms with van der Waals surface area (Å²) in [6.45, 7) is 2.61. The van der Waals surface area contributed by atoms with Crippen molar-refractivity contribution in [2.75, 3.05) is 19.7 Å². The molecule has 1 fully saturated rings. The van der Waals surface area contributed by atoms with Gasteiger partial charge in [0.1, 0.15) is 4.90 Å². The number of nitrogens with zero attached hydrogens (tertiary/aromatic N) is 2. The first kappa shape index (κ1) is 22.3. The summed E-state index contributed by atoms with van der Waals surface area (Å²) >= 11 is 0. The Morgan fingerprint density at radius 3 is 2.82 bits per heavy atom. The zero-order valence-corrected chi connectivity index (χ0v) is 19.6. The number of nitrogens with one attached hydrogen (secondary N) is 1. The topological polar surface area (TPSA) is 109 Å². The molecule has 1 aromatic heterocycles. The van der Waals surface area contributed by atoms with Crippen LogP contribution in [0.4, 0.5) is 0 Å². The average molecular weight is 480 g/mol. The molecule has 2 aromatic carbocycles. The molecule has 0 spiro atoms. The number of aryl methyl sites for hydroxylation is 1. The minimum atomic E-state index is -3.73. The summed E-state index contributed by atoms with van der Waals surface area (Å²) in [5, 5.41) is 0.823. The van der Waals surface area contributed by atoms with Gasteiger partial charge >= 0.3 is 5.97 Å². The van der Waals surface area contributed by atoms with Gasteiger partial charge in [-0.15, -0.1) is 4.40 Å². The van der Waals surface area contributed by atoms with Crippen molar-refractivity contribution in [1.29, 1.82) is 0 Å². The molecule has 1 atom stereocenters. The van der Waals surface area contributed by atoms with Crippen LogP contribution in [0.5, 0.6) is 0 Å². The molecule has 8 nitrogen and oxygen atoms in total. The molecule has 0 radical (unpaired) electrons. The quantitative estimate of drug-likeness (QED) is 0.444. The third-order valence-electron chi connectivity index (χ3n) is 6.50. The zero-order chi connectivity index (χ0) is 23.9. The van der Waals surface area contributed by atoms with Gasteiger partial charge in [0.2, 0.25) is 5.78 Å². The Morgan fingerprint density at radius 1 is 1.18 bits per heavy atom. The van der Waals surface area contributed by atoms with Gasteiger partial charge in [0, 0.05) is 41.3 Å². The largest absolute Gasteiger partial charge is 0.457 e. The molecule has 0 aliphatic carbocycles. The molecule has 3 aromatic rings. The number of aromatic amines is 1. The van der Waals surface area contributed by atoms with E-state index in [1.807, 2.05) is 23.1 Å². The highest BCUT2D eigenvalue weighted by atomic mass is 32.2. The lowest BCUT2D eigenvalue weighted by Crippen LogP contribution is -2.43. The molecule has 2 aliphatic rings. The fraction of sp³-hybridized carbons (Fsp3) is 0.320. The van der Waals surface area contributed by atoms with Crippen LogP contribution in [0.2, 0.25) is 0 Å². The number of ketones is 1. The lowest BCUT2D eigenvalue weighted by molar-refractivity contribution is -0.148. The van der Waals surface area contributed by atoms with E-state index in [0.29, 0.717) is 42.9 Å². The summed E-state index contributed by atoms with van der Waals surface area (Å²) in [5.41, 5.74) is 3.10. The van der Waals surface area contributed by atoms with Gasteiger partial charge in [-0.2, -0.15) is 8.42 Å². The third kappa shape index (κ3) is 3.90. The van der Waals surface area contributed by atoms with Crippen LogP contribution in [-0.2, 0) is 26.0 Å². The first-order chi connectivity index (χ1) is 16.4. The third-order valence-corrected chi connectivity index (χ3v) is 7.82. The molecule has 3 heterocycles. The number of likely N-dealkylation sites (tertiary alicyclic amines) is 1.